The van der Waals surface area contributed by atoms with E-state index in [1.807, 2.05) is 60.7 Å². The lowest BCUT2D eigenvalue weighted by molar-refractivity contribution is -0.915. The summed E-state index contributed by atoms with van der Waals surface area (Å²) in [6, 6.07) is 19.0. The van der Waals surface area contributed by atoms with Crippen molar-refractivity contribution in [3.63, 3.8) is 0 Å². The van der Waals surface area contributed by atoms with Crippen molar-refractivity contribution in [3.8, 4) is 0 Å². The summed E-state index contributed by atoms with van der Waals surface area (Å²) >= 11 is 0. The number of ether oxygens (including phenoxy) is 1. The number of quaternary nitrogens is 1. The number of morpholine rings is 1. The predicted octanol–water partition coefficient (Wildman–Crippen LogP) is 0.549. The Kier molecular flexibility index (Phi) is 4.92. The molecule has 0 aliphatic carbocycles. The van der Waals surface area contributed by atoms with Crippen molar-refractivity contribution in [1.82, 2.24) is 10.2 Å². The van der Waals surface area contributed by atoms with Gasteiger partial charge in [0.25, 0.3) is 5.91 Å². The minimum Gasteiger partial charge on any atom is -0.370 e. The Balaban J connectivity index is 1.66. The third-order valence-corrected chi connectivity index (χ3v) is 5.34. The van der Waals surface area contributed by atoms with Gasteiger partial charge in [-0.25, -0.2) is 9.69 Å². The molecule has 0 spiro atoms. The molecule has 2 aromatic carbocycles. The van der Waals surface area contributed by atoms with Crippen LogP contribution in [0.15, 0.2) is 60.7 Å². The molecule has 2 saturated heterocycles. The predicted molar refractivity (Wildman–Crippen MR) is 100 cm³/mol. The summed E-state index contributed by atoms with van der Waals surface area (Å²) in [4.78, 5) is 28.9. The van der Waals surface area contributed by atoms with Crippen LogP contribution in [-0.2, 0) is 21.5 Å². The summed E-state index contributed by atoms with van der Waals surface area (Å²) in [5, 5.41) is 3.01. The van der Waals surface area contributed by atoms with Crippen LogP contribution in [0.3, 0.4) is 0 Å². The fourth-order valence-electron chi connectivity index (χ4n) is 3.85. The number of benzene rings is 2. The molecule has 2 N–H and O–H groups in total. The highest BCUT2D eigenvalue weighted by atomic mass is 16.5. The number of hydrogen-bond donors (Lipinski definition) is 2. The Morgan fingerprint density at radius 3 is 2.26 bits per heavy atom. The third kappa shape index (κ3) is 3.46. The van der Waals surface area contributed by atoms with E-state index in [0.29, 0.717) is 26.3 Å². The Bertz CT molecular complexity index is 806. The van der Waals surface area contributed by atoms with Crippen LogP contribution in [-0.4, -0.2) is 49.8 Å². The van der Waals surface area contributed by atoms with Crippen molar-refractivity contribution < 1.29 is 19.2 Å². The first-order chi connectivity index (χ1) is 13.2. The van der Waals surface area contributed by atoms with Crippen molar-refractivity contribution in [2.75, 3.05) is 33.0 Å². The molecule has 3 amide bonds. The molecule has 27 heavy (non-hydrogen) atoms. The second kappa shape index (κ2) is 7.50. The lowest BCUT2D eigenvalue weighted by atomic mass is 9.83. The van der Waals surface area contributed by atoms with Crippen molar-refractivity contribution in [2.45, 2.75) is 12.0 Å². The van der Waals surface area contributed by atoms with Gasteiger partial charge in [0.15, 0.2) is 12.2 Å². The molecule has 2 aliphatic heterocycles. The maximum Gasteiger partial charge on any atom is 0.329 e. The standard InChI is InChI=1S/C21H23N3O3/c25-19-21(18-9-5-2-6-10-18,15-17-7-3-1-4-8-17)22-20(26)24(19)16-23-11-13-27-14-12-23/h1-10H,11-16H2,(H,22,26)/p+1/t21-/m0/s1. The number of nitrogens with one attached hydrogen (secondary N) is 2. The van der Waals surface area contributed by atoms with Crippen LogP contribution in [0.4, 0.5) is 4.79 Å². The molecule has 6 nitrogen and oxygen atoms in total. The summed E-state index contributed by atoms with van der Waals surface area (Å²) in [5.41, 5.74) is 0.757. The number of urea groups is 1. The van der Waals surface area contributed by atoms with E-state index in [-0.39, 0.29) is 11.9 Å². The van der Waals surface area contributed by atoms with E-state index >= 15 is 0 Å². The molecule has 0 unspecified atom stereocenters. The normalized spacial score (nSPS) is 23.5. The molecule has 2 aliphatic rings. The van der Waals surface area contributed by atoms with Crippen LogP contribution < -0.4 is 10.2 Å². The quantitative estimate of drug-likeness (QED) is 0.760. The Hall–Kier alpha value is -2.70. The van der Waals surface area contributed by atoms with Crippen LogP contribution in [0, 0.1) is 0 Å². The fraction of sp³-hybridized carbons (Fsp3) is 0.333. The Morgan fingerprint density at radius 1 is 0.963 bits per heavy atom. The molecule has 0 bridgehead atoms. The molecule has 2 fully saturated rings. The van der Waals surface area contributed by atoms with Gasteiger partial charge in [0.2, 0.25) is 0 Å². The summed E-state index contributed by atoms with van der Waals surface area (Å²) in [5.74, 6) is -0.179. The smallest absolute Gasteiger partial charge is 0.329 e. The van der Waals surface area contributed by atoms with E-state index in [0.717, 1.165) is 24.2 Å². The number of carbonyl (C=O) groups is 2. The average Bonchev–Trinajstić information content (AvgIpc) is 2.95. The summed E-state index contributed by atoms with van der Waals surface area (Å²) in [7, 11) is 0. The molecule has 1 atom stereocenters. The van der Waals surface area contributed by atoms with Crippen molar-refractivity contribution in [2.24, 2.45) is 0 Å². The van der Waals surface area contributed by atoms with Crippen LogP contribution in [0.2, 0.25) is 0 Å². The van der Waals surface area contributed by atoms with Gasteiger partial charge in [-0.1, -0.05) is 60.7 Å². The van der Waals surface area contributed by atoms with Crippen molar-refractivity contribution >= 4 is 11.9 Å². The van der Waals surface area contributed by atoms with Gasteiger partial charge in [0.1, 0.15) is 13.1 Å². The minimum atomic E-state index is -1.06. The van der Waals surface area contributed by atoms with Gasteiger partial charge in [0.05, 0.1) is 13.2 Å². The lowest BCUT2D eigenvalue weighted by Gasteiger charge is -2.29. The highest BCUT2D eigenvalue weighted by Crippen LogP contribution is 2.32. The number of imide groups is 1. The van der Waals surface area contributed by atoms with E-state index in [9.17, 15) is 9.59 Å². The van der Waals surface area contributed by atoms with Gasteiger partial charge in [-0.15, -0.1) is 0 Å². The van der Waals surface area contributed by atoms with Gasteiger partial charge in [-0.3, -0.25) is 4.79 Å². The molecule has 2 heterocycles. The topological polar surface area (TPSA) is 63.1 Å². The van der Waals surface area contributed by atoms with Crippen LogP contribution in [0.25, 0.3) is 0 Å². The SMILES string of the molecule is O=C1N[C@@](Cc2ccccc2)(c2ccccc2)C(=O)N1C[NH+]1CCOCC1. The summed E-state index contributed by atoms with van der Waals surface area (Å²) in [6.07, 6.45) is 0.428. The zero-order chi connectivity index (χ0) is 18.7. The first-order valence-corrected chi connectivity index (χ1v) is 9.34. The highest BCUT2D eigenvalue weighted by molar-refractivity contribution is 6.07. The zero-order valence-electron chi connectivity index (χ0n) is 15.2. The monoisotopic (exact) mass is 366 g/mol. The minimum absolute atomic E-state index is 0.179. The molecule has 4 rings (SSSR count). The molecular weight excluding hydrogens is 342 g/mol. The van der Waals surface area contributed by atoms with Crippen LogP contribution >= 0.6 is 0 Å². The molecule has 0 aromatic heterocycles. The maximum absolute atomic E-state index is 13.5. The molecule has 0 saturated carbocycles. The molecular formula is C21H24N3O3+. The number of hydrogen-bond acceptors (Lipinski definition) is 3. The lowest BCUT2D eigenvalue weighted by Crippen LogP contribution is -3.15. The Labute approximate surface area is 158 Å². The maximum atomic E-state index is 13.5. The number of carbonyl (C=O) groups excluding carboxylic acids is 2. The molecule has 140 valence electrons. The number of amides is 3. The molecule has 2 aromatic rings. The highest BCUT2D eigenvalue weighted by Gasteiger charge is 2.53. The van der Waals surface area contributed by atoms with E-state index in [1.54, 1.807) is 0 Å². The van der Waals surface area contributed by atoms with Gasteiger partial charge in [0, 0.05) is 6.42 Å². The summed E-state index contributed by atoms with van der Waals surface area (Å²) in [6.45, 7) is 3.29. The van der Waals surface area contributed by atoms with Crippen molar-refractivity contribution in [3.05, 3.63) is 71.8 Å². The number of rotatable bonds is 5. The van der Waals surface area contributed by atoms with Crippen LogP contribution in [0.1, 0.15) is 11.1 Å². The Morgan fingerprint density at radius 2 is 1.59 bits per heavy atom. The van der Waals surface area contributed by atoms with Gasteiger partial charge in [-0.2, -0.15) is 0 Å². The van der Waals surface area contributed by atoms with Gasteiger partial charge >= 0.3 is 6.03 Å². The first kappa shape index (κ1) is 17.7. The van der Waals surface area contributed by atoms with Crippen LogP contribution in [0.5, 0.6) is 0 Å². The second-order valence-corrected chi connectivity index (χ2v) is 7.12. The van der Waals surface area contributed by atoms with E-state index in [4.69, 9.17) is 4.74 Å². The van der Waals surface area contributed by atoms with E-state index in [2.05, 4.69) is 5.32 Å². The largest absolute Gasteiger partial charge is 0.370 e. The molecule has 0 radical (unpaired) electrons. The zero-order valence-corrected chi connectivity index (χ0v) is 15.2. The van der Waals surface area contributed by atoms with Gasteiger partial charge < -0.3 is 15.0 Å². The van der Waals surface area contributed by atoms with Crippen molar-refractivity contribution in [1.29, 1.82) is 0 Å². The molecule has 6 heteroatoms. The van der Waals surface area contributed by atoms with E-state index in [1.165, 1.54) is 9.80 Å². The second-order valence-electron chi connectivity index (χ2n) is 7.12. The third-order valence-electron chi connectivity index (χ3n) is 5.34. The average molecular weight is 366 g/mol. The first-order valence-electron chi connectivity index (χ1n) is 9.34. The van der Waals surface area contributed by atoms with Gasteiger partial charge in [-0.05, 0) is 11.1 Å². The number of nitrogens with zero attached hydrogens (tertiary/aromatic N) is 1. The summed E-state index contributed by atoms with van der Waals surface area (Å²) < 4.78 is 5.38. The fourth-order valence-corrected chi connectivity index (χ4v) is 3.85. The van der Waals surface area contributed by atoms with E-state index < -0.39 is 5.54 Å².